The van der Waals surface area contributed by atoms with E-state index in [1.54, 1.807) is 36.4 Å². The molecule has 1 aliphatic heterocycles. The Kier molecular flexibility index (Phi) is 7.86. The summed E-state index contributed by atoms with van der Waals surface area (Å²) >= 11 is 7.23. The number of ether oxygens (including phenoxy) is 3. The lowest BCUT2D eigenvalue weighted by Gasteiger charge is -2.14. The number of imide groups is 1. The van der Waals surface area contributed by atoms with Crippen LogP contribution in [0.1, 0.15) is 33.0 Å². The van der Waals surface area contributed by atoms with E-state index in [2.05, 4.69) is 10.8 Å². The number of rotatable bonds is 8. The van der Waals surface area contributed by atoms with Crippen LogP contribution in [0.15, 0.2) is 57.9 Å². The zero-order valence-corrected chi connectivity index (χ0v) is 21.2. The summed E-state index contributed by atoms with van der Waals surface area (Å²) in [6, 6.07) is 15.3. The molecule has 3 aromatic rings. The lowest BCUT2D eigenvalue weighted by molar-refractivity contribution is -0.123. The Hall–Kier alpha value is -4.20. The molecule has 0 bridgehead atoms. The largest absolute Gasteiger partial charge is 0.493 e. The normalized spacial score (nSPS) is 14.1. The maximum atomic E-state index is 12.9. The van der Waals surface area contributed by atoms with Crippen LogP contribution in [-0.4, -0.2) is 36.2 Å². The number of halogens is 1. The summed E-state index contributed by atoms with van der Waals surface area (Å²) in [7, 11) is 2.67. The highest BCUT2D eigenvalue weighted by Gasteiger charge is 2.36. The second-order valence-electron chi connectivity index (χ2n) is 7.62. The van der Waals surface area contributed by atoms with E-state index < -0.39 is 17.1 Å². The summed E-state index contributed by atoms with van der Waals surface area (Å²) in [6.07, 6.45) is 1.52. The molecule has 1 fully saturated rings. The molecule has 9 nitrogen and oxygen atoms in total. The minimum absolute atomic E-state index is 0.0276. The van der Waals surface area contributed by atoms with E-state index in [0.29, 0.717) is 22.4 Å². The van der Waals surface area contributed by atoms with Crippen LogP contribution in [0.3, 0.4) is 0 Å². The monoisotopic (exact) mass is 538 g/mol. The van der Waals surface area contributed by atoms with Crippen molar-refractivity contribution in [2.75, 3.05) is 14.2 Å². The predicted octanol–water partition coefficient (Wildman–Crippen LogP) is 5.42. The van der Waals surface area contributed by atoms with E-state index in [0.717, 1.165) is 16.7 Å². The van der Waals surface area contributed by atoms with Crippen LogP contribution in [0.25, 0.3) is 6.08 Å². The number of thioether (sulfide) groups is 1. The van der Waals surface area contributed by atoms with Gasteiger partial charge in [0.1, 0.15) is 12.4 Å². The van der Waals surface area contributed by atoms with Crippen LogP contribution in [-0.2, 0) is 22.7 Å². The molecule has 0 aliphatic carbocycles. The number of carbonyl (C=O) groups is 3. The number of amides is 2. The Balaban J connectivity index is 1.52. The lowest BCUT2D eigenvalue weighted by atomic mass is 10.1. The number of carbonyl (C=O) groups excluding carboxylic acids is 3. The lowest BCUT2D eigenvalue weighted by Crippen LogP contribution is -2.27. The standard InChI is InChI=1S/C26H19ClN2O7S/c1-33-21-10-15(9-19(27)23(21)35-14-17-6-4-3-5-16(17)12-28)11-22-24(30)29(26(32)37-22)13-18-7-8-20(36-18)25(31)34-2/h3-11H,13-14H2,1-2H3/b22-11+. The molecule has 1 aromatic heterocycles. The molecule has 0 unspecified atom stereocenters. The molecule has 1 saturated heterocycles. The second-order valence-corrected chi connectivity index (χ2v) is 9.02. The van der Waals surface area contributed by atoms with E-state index in [1.807, 2.05) is 0 Å². The average Bonchev–Trinajstić information content (AvgIpc) is 3.47. The highest BCUT2D eigenvalue weighted by atomic mass is 35.5. The third-order valence-corrected chi connectivity index (χ3v) is 6.48. The number of hydrogen-bond acceptors (Lipinski definition) is 9. The Labute approximate surface area is 221 Å². The van der Waals surface area contributed by atoms with Crippen LogP contribution in [0.4, 0.5) is 4.79 Å². The molecule has 1 aliphatic rings. The second kappa shape index (κ2) is 11.2. The van der Waals surface area contributed by atoms with Gasteiger partial charge in [-0.2, -0.15) is 5.26 Å². The molecule has 37 heavy (non-hydrogen) atoms. The molecule has 0 saturated carbocycles. The van der Waals surface area contributed by atoms with Crippen LogP contribution in [0.5, 0.6) is 11.5 Å². The fraction of sp³-hybridized carbons (Fsp3) is 0.154. The molecule has 0 radical (unpaired) electrons. The van der Waals surface area contributed by atoms with Crippen molar-refractivity contribution in [1.82, 2.24) is 4.90 Å². The van der Waals surface area contributed by atoms with Gasteiger partial charge in [0, 0.05) is 5.56 Å². The van der Waals surface area contributed by atoms with Gasteiger partial charge in [-0.15, -0.1) is 0 Å². The Morgan fingerprint density at radius 1 is 1.19 bits per heavy atom. The average molecular weight is 539 g/mol. The van der Waals surface area contributed by atoms with Gasteiger partial charge < -0.3 is 18.6 Å². The van der Waals surface area contributed by atoms with E-state index in [1.165, 1.54) is 32.4 Å². The molecule has 2 heterocycles. The summed E-state index contributed by atoms with van der Waals surface area (Å²) in [5.41, 5.74) is 1.69. The van der Waals surface area contributed by atoms with Crippen molar-refractivity contribution in [2.24, 2.45) is 0 Å². The first-order chi connectivity index (χ1) is 17.8. The Bertz CT molecular complexity index is 1460. The van der Waals surface area contributed by atoms with Gasteiger partial charge in [-0.25, -0.2) is 4.79 Å². The number of benzene rings is 2. The zero-order valence-electron chi connectivity index (χ0n) is 19.6. The summed E-state index contributed by atoms with van der Waals surface area (Å²) in [5, 5.41) is 9.02. The fourth-order valence-electron chi connectivity index (χ4n) is 3.49. The van der Waals surface area contributed by atoms with Crippen molar-refractivity contribution in [2.45, 2.75) is 13.2 Å². The number of hydrogen-bond donors (Lipinski definition) is 0. The van der Waals surface area contributed by atoms with Gasteiger partial charge in [-0.05, 0) is 53.7 Å². The number of nitriles is 1. The van der Waals surface area contributed by atoms with Gasteiger partial charge in [-0.1, -0.05) is 29.8 Å². The van der Waals surface area contributed by atoms with Gasteiger partial charge >= 0.3 is 5.97 Å². The topological polar surface area (TPSA) is 119 Å². The Morgan fingerprint density at radius 2 is 1.97 bits per heavy atom. The number of methoxy groups -OCH3 is 2. The number of nitrogens with zero attached hydrogens (tertiary/aromatic N) is 2. The van der Waals surface area contributed by atoms with E-state index >= 15 is 0 Å². The molecule has 2 aromatic carbocycles. The Morgan fingerprint density at radius 3 is 2.70 bits per heavy atom. The van der Waals surface area contributed by atoms with Crippen molar-refractivity contribution in [3.63, 3.8) is 0 Å². The van der Waals surface area contributed by atoms with E-state index in [-0.39, 0.29) is 40.3 Å². The van der Waals surface area contributed by atoms with Gasteiger partial charge in [0.15, 0.2) is 11.5 Å². The summed E-state index contributed by atoms with van der Waals surface area (Å²) < 4.78 is 21.2. The minimum Gasteiger partial charge on any atom is -0.493 e. The fourth-order valence-corrected chi connectivity index (χ4v) is 4.60. The van der Waals surface area contributed by atoms with E-state index in [9.17, 15) is 19.6 Å². The first kappa shape index (κ1) is 25.9. The molecule has 0 atom stereocenters. The molecular formula is C26H19ClN2O7S. The van der Waals surface area contributed by atoms with Crippen molar-refractivity contribution in [1.29, 1.82) is 5.26 Å². The molecule has 188 valence electrons. The number of furan rings is 1. The maximum Gasteiger partial charge on any atom is 0.373 e. The van der Waals surface area contributed by atoms with Gasteiger partial charge in [0.25, 0.3) is 11.1 Å². The predicted molar refractivity (Wildman–Crippen MR) is 135 cm³/mol. The van der Waals surface area contributed by atoms with Gasteiger partial charge in [0.2, 0.25) is 5.76 Å². The first-order valence-electron chi connectivity index (χ1n) is 10.7. The van der Waals surface area contributed by atoms with Crippen molar-refractivity contribution in [3.8, 4) is 17.6 Å². The van der Waals surface area contributed by atoms with E-state index in [4.69, 9.17) is 25.5 Å². The van der Waals surface area contributed by atoms with Crippen molar-refractivity contribution < 1.29 is 33.0 Å². The smallest absolute Gasteiger partial charge is 0.373 e. The third-order valence-electron chi connectivity index (χ3n) is 5.30. The molecule has 2 amide bonds. The SMILES string of the molecule is COC(=O)c1ccc(CN2C(=O)S/C(=C/c3cc(Cl)c(OCc4ccccc4C#N)c(OC)c3)C2=O)o1. The van der Waals surface area contributed by atoms with Gasteiger partial charge in [0.05, 0.1) is 42.3 Å². The molecule has 0 spiro atoms. The molecule has 11 heteroatoms. The zero-order chi connectivity index (χ0) is 26.5. The van der Waals surface area contributed by atoms with Crippen LogP contribution < -0.4 is 9.47 Å². The van der Waals surface area contributed by atoms with Crippen molar-refractivity contribution >= 4 is 46.6 Å². The van der Waals surface area contributed by atoms with Crippen LogP contribution >= 0.6 is 23.4 Å². The van der Waals surface area contributed by atoms with Gasteiger partial charge in [-0.3, -0.25) is 14.5 Å². The van der Waals surface area contributed by atoms with Crippen molar-refractivity contribution in [3.05, 3.63) is 86.7 Å². The first-order valence-corrected chi connectivity index (χ1v) is 11.9. The molecular weight excluding hydrogens is 520 g/mol. The summed E-state index contributed by atoms with van der Waals surface area (Å²) in [6.45, 7) is -0.0391. The molecule has 0 N–H and O–H groups in total. The quantitative estimate of drug-likeness (QED) is 0.273. The third kappa shape index (κ3) is 5.63. The number of esters is 1. The molecule has 4 rings (SSSR count). The minimum atomic E-state index is -0.659. The highest BCUT2D eigenvalue weighted by Crippen LogP contribution is 2.39. The highest BCUT2D eigenvalue weighted by molar-refractivity contribution is 8.18. The van der Waals surface area contributed by atoms with Crippen LogP contribution in [0.2, 0.25) is 5.02 Å². The summed E-state index contributed by atoms with van der Waals surface area (Å²) in [4.78, 5) is 38.2. The summed E-state index contributed by atoms with van der Waals surface area (Å²) in [5.74, 6) is -0.351. The van der Waals surface area contributed by atoms with Crippen LogP contribution in [0, 0.1) is 11.3 Å². The maximum absolute atomic E-state index is 12.9.